The molecule has 0 aromatic heterocycles. The first-order valence-corrected chi connectivity index (χ1v) is 10.4. The fourth-order valence-electron chi connectivity index (χ4n) is 4.27. The molecule has 0 bridgehead atoms. The molecule has 0 amide bonds. The van der Waals surface area contributed by atoms with Crippen molar-refractivity contribution in [2.24, 2.45) is 5.41 Å². The molecule has 152 valence electrons. The summed E-state index contributed by atoms with van der Waals surface area (Å²) in [7, 11) is 0. The van der Waals surface area contributed by atoms with E-state index in [0.717, 1.165) is 42.4 Å². The predicted octanol–water partition coefficient (Wildman–Crippen LogP) is 5.51. The normalized spacial score (nSPS) is 19.1. The van der Waals surface area contributed by atoms with Crippen LogP contribution in [0.25, 0.3) is 5.57 Å². The Bertz CT molecular complexity index is 804. The van der Waals surface area contributed by atoms with E-state index in [1.54, 1.807) is 0 Å². The molecular formula is C24H32O4. The molecule has 1 aromatic rings. The molecule has 1 saturated carbocycles. The van der Waals surface area contributed by atoms with Gasteiger partial charge in [-0.25, -0.2) is 4.79 Å². The quantitative estimate of drug-likeness (QED) is 0.643. The molecule has 0 radical (unpaired) electrons. The number of hydrogen-bond acceptors (Lipinski definition) is 4. The predicted molar refractivity (Wildman–Crippen MR) is 110 cm³/mol. The molecule has 1 aliphatic carbocycles. The van der Waals surface area contributed by atoms with E-state index in [4.69, 9.17) is 9.47 Å². The van der Waals surface area contributed by atoms with Crippen LogP contribution in [0.5, 0.6) is 0 Å². The van der Waals surface area contributed by atoms with E-state index in [9.17, 15) is 9.59 Å². The first kappa shape index (κ1) is 20.6. The zero-order chi connectivity index (χ0) is 20.5. The van der Waals surface area contributed by atoms with Gasteiger partial charge in [-0.15, -0.1) is 0 Å². The van der Waals surface area contributed by atoms with Crippen molar-refractivity contribution in [3.63, 3.8) is 0 Å². The third kappa shape index (κ3) is 4.16. The van der Waals surface area contributed by atoms with Crippen molar-refractivity contribution in [1.29, 1.82) is 0 Å². The van der Waals surface area contributed by atoms with E-state index >= 15 is 0 Å². The van der Waals surface area contributed by atoms with Crippen LogP contribution in [0.3, 0.4) is 0 Å². The van der Waals surface area contributed by atoms with Gasteiger partial charge in [0.05, 0.1) is 6.42 Å². The summed E-state index contributed by atoms with van der Waals surface area (Å²) >= 11 is 0. The van der Waals surface area contributed by atoms with Crippen LogP contribution in [-0.4, -0.2) is 17.5 Å². The highest BCUT2D eigenvalue weighted by Crippen LogP contribution is 2.48. The molecule has 0 saturated heterocycles. The number of ether oxygens (including phenoxy) is 2. The van der Waals surface area contributed by atoms with Crippen LogP contribution in [0.15, 0.2) is 24.0 Å². The number of rotatable bonds is 4. The molecule has 1 aromatic carbocycles. The fourth-order valence-corrected chi connectivity index (χ4v) is 4.27. The number of carbonyl (C=O) groups is 2. The van der Waals surface area contributed by atoms with Gasteiger partial charge in [0.25, 0.3) is 0 Å². The van der Waals surface area contributed by atoms with Gasteiger partial charge in [-0.3, -0.25) is 4.79 Å². The van der Waals surface area contributed by atoms with Crippen molar-refractivity contribution < 1.29 is 19.1 Å². The molecule has 4 heteroatoms. The van der Waals surface area contributed by atoms with E-state index in [1.165, 1.54) is 0 Å². The van der Waals surface area contributed by atoms with Gasteiger partial charge >= 0.3 is 11.9 Å². The molecule has 3 rings (SSSR count). The van der Waals surface area contributed by atoms with Crippen LogP contribution >= 0.6 is 0 Å². The van der Waals surface area contributed by atoms with Crippen molar-refractivity contribution >= 4 is 17.5 Å². The number of hydrogen-bond donors (Lipinski definition) is 0. The summed E-state index contributed by atoms with van der Waals surface area (Å²) in [5, 5.41) is 0. The van der Waals surface area contributed by atoms with Crippen molar-refractivity contribution in [3.05, 3.63) is 40.6 Å². The van der Waals surface area contributed by atoms with Crippen LogP contribution in [0, 0.1) is 12.3 Å². The van der Waals surface area contributed by atoms with Crippen LogP contribution in [0.1, 0.15) is 82.9 Å². The Hall–Kier alpha value is -2.10. The smallest absolute Gasteiger partial charge is 0.343 e. The zero-order valence-electron chi connectivity index (χ0n) is 17.8. The molecule has 0 unspecified atom stereocenters. The third-order valence-corrected chi connectivity index (χ3v) is 5.60. The Balaban J connectivity index is 2.10. The van der Waals surface area contributed by atoms with Gasteiger partial charge in [0.15, 0.2) is 11.4 Å². The van der Waals surface area contributed by atoms with Gasteiger partial charge in [-0.2, -0.15) is 0 Å². The monoisotopic (exact) mass is 384 g/mol. The lowest BCUT2D eigenvalue weighted by Crippen LogP contribution is -2.36. The summed E-state index contributed by atoms with van der Waals surface area (Å²) in [5.74, 6) is -0.211. The molecule has 0 atom stereocenters. The SMILES string of the molecule is CCc1cc(C)ccc1C1=C(OC(=O)CC(C)(C)C)C2(CCCCC2)OC1=O. The number of aryl methyl sites for hydroxylation is 2. The first-order valence-electron chi connectivity index (χ1n) is 10.4. The molecular weight excluding hydrogens is 352 g/mol. The molecule has 1 aliphatic heterocycles. The standard InChI is InChI=1S/C24H32O4/c1-6-17-14-16(2)10-11-18(17)20-21(27-19(25)15-23(3,4)5)24(28-22(20)26)12-8-7-9-13-24/h10-11,14H,6-9,12-13,15H2,1-5H3. The average molecular weight is 385 g/mol. The Morgan fingerprint density at radius 2 is 1.86 bits per heavy atom. The Labute approximate surface area is 168 Å². The van der Waals surface area contributed by atoms with Crippen LogP contribution in [-0.2, 0) is 25.5 Å². The van der Waals surface area contributed by atoms with E-state index in [-0.39, 0.29) is 17.4 Å². The summed E-state index contributed by atoms with van der Waals surface area (Å²) in [6.07, 6.45) is 5.57. The van der Waals surface area contributed by atoms with Gasteiger partial charge < -0.3 is 9.47 Å². The van der Waals surface area contributed by atoms with Crippen LogP contribution in [0.2, 0.25) is 0 Å². The first-order chi connectivity index (χ1) is 13.1. The third-order valence-electron chi connectivity index (χ3n) is 5.60. The van der Waals surface area contributed by atoms with Gasteiger partial charge in [-0.05, 0) is 55.6 Å². The Kier molecular flexibility index (Phi) is 5.69. The number of carbonyl (C=O) groups excluding carboxylic acids is 2. The average Bonchev–Trinajstić information content (AvgIpc) is 2.85. The Morgan fingerprint density at radius 1 is 1.18 bits per heavy atom. The maximum absolute atomic E-state index is 13.0. The minimum atomic E-state index is -0.784. The minimum Gasteiger partial charge on any atom is -0.447 e. The highest BCUT2D eigenvalue weighted by molar-refractivity contribution is 6.20. The second kappa shape index (κ2) is 7.73. The van der Waals surface area contributed by atoms with Crippen LogP contribution in [0.4, 0.5) is 0 Å². The summed E-state index contributed by atoms with van der Waals surface area (Å²) in [4.78, 5) is 25.7. The second-order valence-corrected chi connectivity index (χ2v) is 9.37. The summed E-state index contributed by atoms with van der Waals surface area (Å²) < 4.78 is 11.9. The van der Waals surface area contributed by atoms with Crippen molar-refractivity contribution in [3.8, 4) is 0 Å². The van der Waals surface area contributed by atoms with E-state index in [1.807, 2.05) is 39.8 Å². The van der Waals surface area contributed by atoms with Gasteiger partial charge in [0.2, 0.25) is 0 Å². The lowest BCUT2D eigenvalue weighted by atomic mass is 9.82. The molecule has 4 nitrogen and oxygen atoms in total. The summed E-state index contributed by atoms with van der Waals surface area (Å²) in [6.45, 7) is 10.1. The van der Waals surface area contributed by atoms with Gasteiger partial charge in [0.1, 0.15) is 5.57 Å². The molecule has 1 heterocycles. The molecule has 1 fully saturated rings. The highest BCUT2D eigenvalue weighted by Gasteiger charge is 2.51. The maximum atomic E-state index is 13.0. The zero-order valence-corrected chi connectivity index (χ0v) is 17.8. The lowest BCUT2D eigenvalue weighted by Gasteiger charge is -2.33. The highest BCUT2D eigenvalue weighted by atomic mass is 16.6. The lowest BCUT2D eigenvalue weighted by molar-refractivity contribution is -0.156. The molecule has 0 N–H and O–H groups in total. The van der Waals surface area contributed by atoms with E-state index in [0.29, 0.717) is 30.6 Å². The molecule has 1 spiro atoms. The van der Waals surface area contributed by atoms with Crippen molar-refractivity contribution in [2.75, 3.05) is 0 Å². The van der Waals surface area contributed by atoms with E-state index < -0.39 is 5.60 Å². The van der Waals surface area contributed by atoms with Crippen LogP contribution < -0.4 is 0 Å². The Morgan fingerprint density at radius 3 is 2.46 bits per heavy atom. The summed E-state index contributed by atoms with van der Waals surface area (Å²) in [6, 6.07) is 6.05. The second-order valence-electron chi connectivity index (χ2n) is 9.37. The van der Waals surface area contributed by atoms with Gasteiger partial charge in [0, 0.05) is 0 Å². The fraction of sp³-hybridized carbons (Fsp3) is 0.583. The van der Waals surface area contributed by atoms with Crippen molar-refractivity contribution in [2.45, 2.75) is 85.2 Å². The number of esters is 2. The summed E-state index contributed by atoms with van der Waals surface area (Å²) in [5.41, 5.74) is 2.53. The van der Waals surface area contributed by atoms with Crippen molar-refractivity contribution in [1.82, 2.24) is 0 Å². The number of benzene rings is 1. The van der Waals surface area contributed by atoms with Gasteiger partial charge in [-0.1, -0.05) is 57.9 Å². The topological polar surface area (TPSA) is 52.6 Å². The molecule has 2 aliphatic rings. The minimum absolute atomic E-state index is 0.181. The largest absolute Gasteiger partial charge is 0.447 e. The maximum Gasteiger partial charge on any atom is 0.343 e. The molecule has 28 heavy (non-hydrogen) atoms. The van der Waals surface area contributed by atoms with E-state index in [2.05, 4.69) is 13.0 Å².